The van der Waals surface area contributed by atoms with Crippen LogP contribution in [0.4, 0.5) is 0 Å². The minimum Gasteiger partial charge on any atom is -0.455 e. The lowest BCUT2D eigenvalue weighted by molar-refractivity contribution is 0.669. The molecule has 0 saturated heterocycles. The molecule has 0 N–H and O–H groups in total. The molecule has 0 spiro atoms. The van der Waals surface area contributed by atoms with Crippen molar-refractivity contribution in [3.05, 3.63) is 127 Å². The van der Waals surface area contributed by atoms with E-state index in [9.17, 15) is 0 Å². The fourth-order valence-electron chi connectivity index (χ4n) is 5.01. The summed E-state index contributed by atoms with van der Waals surface area (Å²) in [4.78, 5) is 14.5. The number of benzene rings is 5. The highest BCUT2D eigenvalue weighted by Crippen LogP contribution is 2.36. The molecule has 0 fully saturated rings. The number of para-hydroxylation sites is 2. The third kappa shape index (κ3) is 3.93. The first-order valence-corrected chi connectivity index (χ1v) is 12.6. The monoisotopic (exact) mass is 489 g/mol. The van der Waals surface area contributed by atoms with Crippen LogP contribution in [-0.2, 0) is 0 Å². The van der Waals surface area contributed by atoms with Gasteiger partial charge in [0.2, 0.25) is 0 Å². The Kier molecular flexibility index (Phi) is 5.30. The van der Waals surface area contributed by atoms with Gasteiger partial charge in [0, 0.05) is 16.3 Å². The maximum Gasteiger partial charge on any atom is 0.167 e. The summed E-state index contributed by atoms with van der Waals surface area (Å²) < 4.78 is 6.28. The zero-order valence-electron chi connectivity index (χ0n) is 20.8. The molecular formula is C34H23N3O. The number of aromatic nitrogens is 3. The van der Waals surface area contributed by atoms with Gasteiger partial charge in [-0.25, -0.2) is 15.0 Å². The van der Waals surface area contributed by atoms with Gasteiger partial charge < -0.3 is 4.42 Å². The summed E-state index contributed by atoms with van der Waals surface area (Å²) in [6.07, 6.45) is 0. The van der Waals surface area contributed by atoms with E-state index in [2.05, 4.69) is 78.9 Å². The van der Waals surface area contributed by atoms with Crippen LogP contribution in [-0.4, -0.2) is 15.0 Å². The first kappa shape index (κ1) is 22.1. The SMILES string of the molecule is Cc1nc(-c2cc(-c3ccccc3)cc(-c3ccccc3)c2)nc(-c2cccc3c2oc2ccccc23)n1. The van der Waals surface area contributed by atoms with E-state index in [1.54, 1.807) is 0 Å². The molecule has 0 aliphatic carbocycles. The van der Waals surface area contributed by atoms with Gasteiger partial charge in [-0.05, 0) is 59.5 Å². The molecule has 0 atom stereocenters. The molecular weight excluding hydrogens is 466 g/mol. The Hall–Kier alpha value is -5.09. The summed E-state index contributed by atoms with van der Waals surface area (Å²) in [6, 6.07) is 41.5. The van der Waals surface area contributed by atoms with Crippen LogP contribution < -0.4 is 0 Å². The Morgan fingerprint density at radius 2 is 1.05 bits per heavy atom. The first-order valence-electron chi connectivity index (χ1n) is 12.6. The number of aryl methyl sites for hydroxylation is 1. The van der Waals surface area contributed by atoms with Gasteiger partial charge in [-0.3, -0.25) is 0 Å². The lowest BCUT2D eigenvalue weighted by Crippen LogP contribution is -2.00. The molecule has 38 heavy (non-hydrogen) atoms. The molecule has 0 unspecified atom stereocenters. The van der Waals surface area contributed by atoms with Crippen molar-refractivity contribution in [3.8, 4) is 45.0 Å². The predicted octanol–water partition coefficient (Wildman–Crippen LogP) is 8.75. The summed E-state index contributed by atoms with van der Waals surface area (Å²) in [5, 5.41) is 2.13. The van der Waals surface area contributed by atoms with E-state index < -0.39 is 0 Å². The molecule has 2 heterocycles. The van der Waals surface area contributed by atoms with Crippen molar-refractivity contribution in [1.29, 1.82) is 0 Å². The molecule has 0 radical (unpaired) electrons. The average Bonchev–Trinajstić information content (AvgIpc) is 3.36. The Bertz CT molecular complexity index is 1870. The topological polar surface area (TPSA) is 51.8 Å². The van der Waals surface area contributed by atoms with E-state index in [0.29, 0.717) is 17.5 Å². The van der Waals surface area contributed by atoms with Crippen molar-refractivity contribution in [1.82, 2.24) is 15.0 Å². The lowest BCUT2D eigenvalue weighted by atomic mass is 9.96. The van der Waals surface area contributed by atoms with Crippen LogP contribution in [0.25, 0.3) is 67.0 Å². The number of nitrogens with zero attached hydrogens (tertiary/aromatic N) is 3. The number of hydrogen-bond acceptors (Lipinski definition) is 4. The van der Waals surface area contributed by atoms with Gasteiger partial charge in [0.05, 0.1) is 5.56 Å². The van der Waals surface area contributed by atoms with Crippen molar-refractivity contribution < 1.29 is 4.42 Å². The minimum absolute atomic E-state index is 0.600. The maximum absolute atomic E-state index is 6.28. The third-order valence-corrected chi connectivity index (χ3v) is 6.80. The summed E-state index contributed by atoms with van der Waals surface area (Å²) in [6.45, 7) is 1.91. The van der Waals surface area contributed by atoms with Crippen molar-refractivity contribution >= 4 is 21.9 Å². The third-order valence-electron chi connectivity index (χ3n) is 6.80. The Morgan fingerprint density at radius 1 is 0.474 bits per heavy atom. The Morgan fingerprint density at radius 3 is 1.76 bits per heavy atom. The summed E-state index contributed by atoms with van der Waals surface area (Å²) in [5.74, 6) is 1.89. The zero-order chi connectivity index (χ0) is 25.5. The van der Waals surface area contributed by atoms with E-state index in [1.165, 1.54) is 0 Å². The van der Waals surface area contributed by atoms with Gasteiger partial charge in [-0.2, -0.15) is 0 Å². The van der Waals surface area contributed by atoms with E-state index in [0.717, 1.165) is 55.3 Å². The molecule has 5 aromatic carbocycles. The van der Waals surface area contributed by atoms with E-state index in [-0.39, 0.29) is 0 Å². The highest BCUT2D eigenvalue weighted by atomic mass is 16.3. The van der Waals surface area contributed by atoms with Crippen molar-refractivity contribution in [2.24, 2.45) is 0 Å². The van der Waals surface area contributed by atoms with Gasteiger partial charge in [-0.15, -0.1) is 0 Å². The van der Waals surface area contributed by atoms with Crippen LogP contribution in [0.15, 0.2) is 126 Å². The standard InChI is InChI=1S/C34H23N3O/c1-22-35-33(37-34(36-22)30-17-10-16-29-28-15-8-9-18-31(28)38-32(29)30)27-20-25(23-11-4-2-5-12-23)19-26(21-27)24-13-6-3-7-14-24/h2-21H,1H3. The van der Waals surface area contributed by atoms with Gasteiger partial charge in [-0.1, -0.05) is 91.0 Å². The molecule has 4 heteroatoms. The molecule has 2 aromatic heterocycles. The summed E-state index contributed by atoms with van der Waals surface area (Å²) in [7, 11) is 0. The molecule has 7 aromatic rings. The second-order valence-corrected chi connectivity index (χ2v) is 9.34. The summed E-state index contributed by atoms with van der Waals surface area (Å²) in [5.41, 5.74) is 7.94. The number of rotatable bonds is 4. The van der Waals surface area contributed by atoms with Crippen LogP contribution in [0.5, 0.6) is 0 Å². The van der Waals surface area contributed by atoms with Crippen molar-refractivity contribution in [3.63, 3.8) is 0 Å². The van der Waals surface area contributed by atoms with Gasteiger partial charge in [0.15, 0.2) is 11.6 Å². The average molecular weight is 490 g/mol. The fourth-order valence-corrected chi connectivity index (χ4v) is 5.01. The molecule has 0 bridgehead atoms. The molecule has 7 rings (SSSR count). The second kappa shape index (κ2) is 9.09. The normalized spacial score (nSPS) is 11.3. The van der Waals surface area contributed by atoms with Crippen molar-refractivity contribution in [2.45, 2.75) is 6.92 Å². The first-order chi connectivity index (χ1) is 18.7. The van der Waals surface area contributed by atoms with Gasteiger partial charge in [0.1, 0.15) is 17.0 Å². The van der Waals surface area contributed by atoms with E-state index >= 15 is 0 Å². The number of fused-ring (bicyclic) bond motifs is 3. The largest absolute Gasteiger partial charge is 0.455 e. The highest BCUT2D eigenvalue weighted by molar-refractivity contribution is 6.09. The Balaban J connectivity index is 1.43. The second-order valence-electron chi connectivity index (χ2n) is 9.34. The molecule has 180 valence electrons. The maximum atomic E-state index is 6.28. The quantitative estimate of drug-likeness (QED) is 0.248. The smallest absolute Gasteiger partial charge is 0.167 e. The highest BCUT2D eigenvalue weighted by Gasteiger charge is 2.17. The minimum atomic E-state index is 0.600. The number of hydrogen-bond donors (Lipinski definition) is 0. The summed E-state index contributed by atoms with van der Waals surface area (Å²) >= 11 is 0. The molecule has 0 amide bonds. The Labute approximate surface area is 220 Å². The van der Waals surface area contributed by atoms with Crippen LogP contribution in [0.2, 0.25) is 0 Å². The fraction of sp³-hybridized carbons (Fsp3) is 0.0294. The van der Waals surface area contributed by atoms with Crippen LogP contribution in [0, 0.1) is 6.92 Å². The van der Waals surface area contributed by atoms with E-state index in [4.69, 9.17) is 19.4 Å². The van der Waals surface area contributed by atoms with Gasteiger partial charge >= 0.3 is 0 Å². The van der Waals surface area contributed by atoms with E-state index in [1.807, 2.05) is 49.4 Å². The molecule has 0 saturated carbocycles. The van der Waals surface area contributed by atoms with Gasteiger partial charge in [0.25, 0.3) is 0 Å². The lowest BCUT2D eigenvalue weighted by Gasteiger charge is -2.11. The van der Waals surface area contributed by atoms with Crippen LogP contribution in [0.1, 0.15) is 5.82 Å². The van der Waals surface area contributed by atoms with Crippen molar-refractivity contribution in [2.75, 3.05) is 0 Å². The zero-order valence-corrected chi connectivity index (χ0v) is 20.8. The molecule has 0 aliphatic rings. The number of furan rings is 1. The molecule has 4 nitrogen and oxygen atoms in total. The van der Waals surface area contributed by atoms with Crippen LogP contribution in [0.3, 0.4) is 0 Å². The predicted molar refractivity (Wildman–Crippen MR) is 154 cm³/mol. The molecule has 0 aliphatic heterocycles. The van der Waals surface area contributed by atoms with Crippen LogP contribution >= 0.6 is 0 Å².